The molecule has 1 aliphatic heterocycles. The van der Waals surface area contributed by atoms with E-state index in [4.69, 9.17) is 0 Å². The summed E-state index contributed by atoms with van der Waals surface area (Å²) >= 11 is 0. The molecule has 0 spiro atoms. The van der Waals surface area contributed by atoms with Crippen LogP contribution >= 0.6 is 0 Å². The molecule has 0 bridgehead atoms. The second-order valence-electron chi connectivity index (χ2n) is 5.54. The number of nitrogens with zero attached hydrogens (tertiary/aromatic N) is 2. The molecule has 0 radical (unpaired) electrons. The quantitative estimate of drug-likeness (QED) is 0.860. The molecule has 1 atom stereocenters. The summed E-state index contributed by atoms with van der Waals surface area (Å²) in [6.45, 7) is 4.66. The smallest absolute Gasteiger partial charge is 0.227 e. The SMILES string of the molecule is CC1(C)CC(O)CCN1C(=O)Cc1ccncc1. The van der Waals surface area contributed by atoms with E-state index in [0.29, 0.717) is 25.8 Å². The van der Waals surface area contributed by atoms with Gasteiger partial charge in [0, 0.05) is 24.5 Å². The van der Waals surface area contributed by atoms with Crippen molar-refractivity contribution >= 4 is 5.91 Å². The Morgan fingerprint density at radius 3 is 2.78 bits per heavy atom. The fourth-order valence-corrected chi connectivity index (χ4v) is 2.60. The Balaban J connectivity index is 2.05. The summed E-state index contributed by atoms with van der Waals surface area (Å²) in [7, 11) is 0. The number of aliphatic hydroxyl groups is 1. The van der Waals surface area contributed by atoms with Crippen LogP contribution in [0.3, 0.4) is 0 Å². The van der Waals surface area contributed by atoms with Crippen LogP contribution in [0, 0.1) is 0 Å². The Hall–Kier alpha value is -1.42. The zero-order valence-corrected chi connectivity index (χ0v) is 11.0. The van der Waals surface area contributed by atoms with Crippen LogP contribution in [-0.4, -0.2) is 39.1 Å². The predicted octanol–water partition coefficient (Wildman–Crippen LogP) is 1.39. The second-order valence-corrected chi connectivity index (χ2v) is 5.54. The van der Waals surface area contributed by atoms with Crippen molar-refractivity contribution in [2.45, 2.75) is 44.8 Å². The number of hydrogen-bond donors (Lipinski definition) is 1. The Labute approximate surface area is 108 Å². The van der Waals surface area contributed by atoms with Gasteiger partial charge in [0.15, 0.2) is 0 Å². The Morgan fingerprint density at radius 2 is 2.17 bits per heavy atom. The molecule has 98 valence electrons. The normalized spacial score (nSPS) is 22.8. The summed E-state index contributed by atoms with van der Waals surface area (Å²) < 4.78 is 0. The van der Waals surface area contributed by atoms with Gasteiger partial charge in [-0.15, -0.1) is 0 Å². The van der Waals surface area contributed by atoms with Crippen molar-refractivity contribution in [3.63, 3.8) is 0 Å². The van der Waals surface area contributed by atoms with E-state index in [1.807, 2.05) is 30.9 Å². The maximum atomic E-state index is 12.3. The molecule has 1 fully saturated rings. The van der Waals surface area contributed by atoms with Crippen LogP contribution in [0.15, 0.2) is 24.5 Å². The molecule has 1 saturated heterocycles. The van der Waals surface area contributed by atoms with Crippen LogP contribution in [0.2, 0.25) is 0 Å². The topological polar surface area (TPSA) is 53.4 Å². The van der Waals surface area contributed by atoms with Gasteiger partial charge in [-0.05, 0) is 44.4 Å². The zero-order chi connectivity index (χ0) is 13.2. The van der Waals surface area contributed by atoms with Gasteiger partial charge in [-0.1, -0.05) is 0 Å². The van der Waals surface area contributed by atoms with Crippen molar-refractivity contribution in [1.82, 2.24) is 9.88 Å². The molecule has 1 unspecified atom stereocenters. The monoisotopic (exact) mass is 248 g/mol. The molecule has 1 aromatic heterocycles. The maximum Gasteiger partial charge on any atom is 0.227 e. The highest BCUT2D eigenvalue weighted by Gasteiger charge is 2.36. The van der Waals surface area contributed by atoms with Gasteiger partial charge in [0.2, 0.25) is 5.91 Å². The minimum atomic E-state index is -0.287. The van der Waals surface area contributed by atoms with Crippen molar-refractivity contribution < 1.29 is 9.90 Å². The lowest BCUT2D eigenvalue weighted by Crippen LogP contribution is -2.54. The van der Waals surface area contributed by atoms with E-state index in [9.17, 15) is 9.90 Å². The fourth-order valence-electron chi connectivity index (χ4n) is 2.60. The molecule has 18 heavy (non-hydrogen) atoms. The minimum absolute atomic E-state index is 0.123. The number of rotatable bonds is 2. The number of aromatic nitrogens is 1. The lowest BCUT2D eigenvalue weighted by Gasteiger charge is -2.44. The third-order valence-electron chi connectivity index (χ3n) is 3.56. The Morgan fingerprint density at radius 1 is 1.50 bits per heavy atom. The molecule has 4 nitrogen and oxygen atoms in total. The van der Waals surface area contributed by atoms with E-state index >= 15 is 0 Å². The van der Waals surface area contributed by atoms with Crippen LogP contribution in [0.1, 0.15) is 32.3 Å². The molecule has 2 heterocycles. The first-order valence-corrected chi connectivity index (χ1v) is 6.36. The van der Waals surface area contributed by atoms with Crippen molar-refractivity contribution in [3.8, 4) is 0 Å². The number of hydrogen-bond acceptors (Lipinski definition) is 3. The van der Waals surface area contributed by atoms with Gasteiger partial charge >= 0.3 is 0 Å². The number of amides is 1. The van der Waals surface area contributed by atoms with Crippen LogP contribution < -0.4 is 0 Å². The molecule has 4 heteroatoms. The van der Waals surface area contributed by atoms with E-state index in [0.717, 1.165) is 5.56 Å². The first kappa shape index (κ1) is 13.0. The third kappa shape index (κ3) is 2.88. The van der Waals surface area contributed by atoms with Crippen LogP contribution in [0.4, 0.5) is 0 Å². The molecule has 0 saturated carbocycles. The zero-order valence-electron chi connectivity index (χ0n) is 11.0. The Bertz CT molecular complexity index is 417. The lowest BCUT2D eigenvalue weighted by atomic mass is 9.88. The summed E-state index contributed by atoms with van der Waals surface area (Å²) in [4.78, 5) is 18.1. The number of carbonyl (C=O) groups excluding carboxylic acids is 1. The molecular weight excluding hydrogens is 228 g/mol. The fraction of sp³-hybridized carbons (Fsp3) is 0.571. The van der Waals surface area contributed by atoms with Crippen molar-refractivity contribution in [1.29, 1.82) is 0 Å². The van der Waals surface area contributed by atoms with Gasteiger partial charge in [-0.3, -0.25) is 9.78 Å². The number of carbonyl (C=O) groups is 1. The standard InChI is InChI=1S/C14H20N2O2/c1-14(2)10-12(17)5-8-16(14)13(18)9-11-3-6-15-7-4-11/h3-4,6-7,12,17H,5,8-10H2,1-2H3. The lowest BCUT2D eigenvalue weighted by molar-refractivity contribution is -0.140. The predicted molar refractivity (Wildman–Crippen MR) is 69.0 cm³/mol. The highest BCUT2D eigenvalue weighted by Crippen LogP contribution is 2.28. The van der Waals surface area contributed by atoms with Gasteiger partial charge in [-0.2, -0.15) is 0 Å². The molecule has 1 N–H and O–H groups in total. The van der Waals surface area contributed by atoms with E-state index < -0.39 is 0 Å². The first-order valence-electron chi connectivity index (χ1n) is 6.36. The first-order chi connectivity index (χ1) is 8.49. The molecule has 1 aliphatic rings. The molecular formula is C14H20N2O2. The van der Waals surface area contributed by atoms with Gasteiger partial charge < -0.3 is 10.0 Å². The summed E-state index contributed by atoms with van der Waals surface area (Å²) in [5, 5.41) is 9.69. The summed E-state index contributed by atoms with van der Waals surface area (Å²) in [6.07, 6.45) is 4.84. The van der Waals surface area contributed by atoms with E-state index in [-0.39, 0.29) is 17.6 Å². The van der Waals surface area contributed by atoms with Crippen LogP contribution in [0.25, 0.3) is 0 Å². The van der Waals surface area contributed by atoms with E-state index in [1.54, 1.807) is 12.4 Å². The van der Waals surface area contributed by atoms with Crippen LogP contribution in [-0.2, 0) is 11.2 Å². The molecule has 0 aromatic carbocycles. The maximum absolute atomic E-state index is 12.3. The molecule has 2 rings (SSSR count). The minimum Gasteiger partial charge on any atom is -0.393 e. The van der Waals surface area contributed by atoms with E-state index in [1.165, 1.54) is 0 Å². The molecule has 1 amide bonds. The molecule has 1 aromatic rings. The number of likely N-dealkylation sites (tertiary alicyclic amines) is 1. The average molecular weight is 248 g/mol. The van der Waals surface area contributed by atoms with Crippen molar-refractivity contribution in [2.75, 3.05) is 6.54 Å². The van der Waals surface area contributed by atoms with Gasteiger partial charge in [0.05, 0.1) is 12.5 Å². The average Bonchev–Trinajstić information content (AvgIpc) is 2.28. The summed E-state index contributed by atoms with van der Waals surface area (Å²) in [5.74, 6) is 0.123. The van der Waals surface area contributed by atoms with Gasteiger partial charge in [0.1, 0.15) is 0 Å². The highest BCUT2D eigenvalue weighted by molar-refractivity contribution is 5.79. The third-order valence-corrected chi connectivity index (χ3v) is 3.56. The van der Waals surface area contributed by atoms with Crippen molar-refractivity contribution in [3.05, 3.63) is 30.1 Å². The van der Waals surface area contributed by atoms with Crippen LogP contribution in [0.5, 0.6) is 0 Å². The summed E-state index contributed by atoms with van der Waals surface area (Å²) in [6, 6.07) is 3.73. The van der Waals surface area contributed by atoms with Gasteiger partial charge in [-0.25, -0.2) is 0 Å². The number of pyridine rings is 1. The number of piperidine rings is 1. The second kappa shape index (κ2) is 5.06. The van der Waals surface area contributed by atoms with Gasteiger partial charge in [0.25, 0.3) is 0 Å². The highest BCUT2D eigenvalue weighted by atomic mass is 16.3. The Kier molecular flexibility index (Phi) is 3.66. The van der Waals surface area contributed by atoms with Crippen molar-refractivity contribution in [2.24, 2.45) is 0 Å². The molecule has 0 aliphatic carbocycles. The number of aliphatic hydroxyl groups excluding tert-OH is 1. The van der Waals surface area contributed by atoms with E-state index in [2.05, 4.69) is 4.98 Å². The largest absolute Gasteiger partial charge is 0.393 e. The summed E-state index contributed by atoms with van der Waals surface area (Å²) in [5.41, 5.74) is 0.721.